The van der Waals surface area contributed by atoms with Crippen molar-refractivity contribution in [1.29, 1.82) is 0 Å². The Morgan fingerprint density at radius 1 is 1.10 bits per heavy atom. The van der Waals surface area contributed by atoms with Gasteiger partial charge < -0.3 is 19.7 Å². The molecule has 1 N–H and O–H groups in total. The Hall–Kier alpha value is -3.02. The SMILES string of the molecule is COc1cc(NC(=O)C2CCC(N3Cc4c(C)cccc4OC3=O)CC2)ccc1C. The van der Waals surface area contributed by atoms with Crippen LogP contribution in [0.15, 0.2) is 36.4 Å². The summed E-state index contributed by atoms with van der Waals surface area (Å²) in [7, 11) is 1.63. The Morgan fingerprint density at radius 2 is 1.87 bits per heavy atom. The first-order chi connectivity index (χ1) is 14.5. The van der Waals surface area contributed by atoms with Gasteiger partial charge in [-0.15, -0.1) is 0 Å². The topological polar surface area (TPSA) is 67.9 Å². The third-order valence-electron chi connectivity index (χ3n) is 6.31. The first-order valence-electron chi connectivity index (χ1n) is 10.5. The highest BCUT2D eigenvalue weighted by Crippen LogP contribution is 2.35. The van der Waals surface area contributed by atoms with Crippen LogP contribution in [0, 0.1) is 19.8 Å². The molecule has 4 rings (SSSR count). The van der Waals surface area contributed by atoms with Gasteiger partial charge in [0.1, 0.15) is 11.5 Å². The third kappa shape index (κ3) is 3.99. The summed E-state index contributed by atoms with van der Waals surface area (Å²) in [6.07, 6.45) is 2.82. The molecular formula is C24H28N2O4. The van der Waals surface area contributed by atoms with E-state index < -0.39 is 0 Å². The number of amides is 2. The Kier molecular flexibility index (Phi) is 5.66. The highest BCUT2D eigenvalue weighted by molar-refractivity contribution is 5.92. The highest BCUT2D eigenvalue weighted by atomic mass is 16.6. The average molecular weight is 408 g/mol. The molecule has 1 aliphatic heterocycles. The summed E-state index contributed by atoms with van der Waals surface area (Å²) in [5.74, 6) is 1.40. The summed E-state index contributed by atoms with van der Waals surface area (Å²) in [6, 6.07) is 11.6. The quantitative estimate of drug-likeness (QED) is 0.787. The molecule has 2 aromatic carbocycles. The maximum absolute atomic E-state index is 12.8. The van der Waals surface area contributed by atoms with Gasteiger partial charge in [-0.1, -0.05) is 18.2 Å². The number of hydrogen-bond donors (Lipinski definition) is 1. The number of anilines is 1. The van der Waals surface area contributed by atoms with E-state index in [0.717, 1.165) is 53.8 Å². The van der Waals surface area contributed by atoms with Crippen LogP contribution < -0.4 is 14.8 Å². The fraction of sp³-hybridized carbons (Fsp3) is 0.417. The summed E-state index contributed by atoms with van der Waals surface area (Å²) >= 11 is 0. The normalized spacial score (nSPS) is 20.9. The van der Waals surface area contributed by atoms with Crippen molar-refractivity contribution in [2.45, 2.75) is 52.1 Å². The molecular weight excluding hydrogens is 380 g/mol. The Balaban J connectivity index is 1.36. The van der Waals surface area contributed by atoms with Crippen molar-refractivity contribution in [3.63, 3.8) is 0 Å². The molecule has 1 aliphatic carbocycles. The van der Waals surface area contributed by atoms with Gasteiger partial charge in [0.25, 0.3) is 0 Å². The zero-order valence-corrected chi connectivity index (χ0v) is 17.7. The number of hydrogen-bond acceptors (Lipinski definition) is 4. The van der Waals surface area contributed by atoms with Crippen LogP contribution in [0.3, 0.4) is 0 Å². The fourth-order valence-electron chi connectivity index (χ4n) is 4.43. The lowest BCUT2D eigenvalue weighted by Crippen LogP contribution is -2.46. The molecule has 6 nitrogen and oxygen atoms in total. The van der Waals surface area contributed by atoms with Crippen LogP contribution in [0.4, 0.5) is 10.5 Å². The lowest BCUT2D eigenvalue weighted by atomic mass is 9.84. The van der Waals surface area contributed by atoms with E-state index in [0.29, 0.717) is 12.3 Å². The molecule has 1 saturated carbocycles. The van der Waals surface area contributed by atoms with E-state index in [9.17, 15) is 9.59 Å². The maximum atomic E-state index is 12.8. The minimum Gasteiger partial charge on any atom is -0.496 e. The van der Waals surface area contributed by atoms with Gasteiger partial charge in [0.15, 0.2) is 0 Å². The summed E-state index contributed by atoms with van der Waals surface area (Å²) in [6.45, 7) is 4.58. The van der Waals surface area contributed by atoms with Gasteiger partial charge in [-0.05, 0) is 62.8 Å². The molecule has 30 heavy (non-hydrogen) atoms. The lowest BCUT2D eigenvalue weighted by molar-refractivity contribution is -0.121. The second kappa shape index (κ2) is 8.38. The number of ether oxygens (including phenoxy) is 2. The molecule has 2 aromatic rings. The van der Waals surface area contributed by atoms with Gasteiger partial charge in [0.05, 0.1) is 13.7 Å². The number of nitrogens with one attached hydrogen (secondary N) is 1. The van der Waals surface area contributed by atoms with Crippen molar-refractivity contribution in [3.8, 4) is 11.5 Å². The van der Waals surface area contributed by atoms with E-state index >= 15 is 0 Å². The van der Waals surface area contributed by atoms with Crippen LogP contribution >= 0.6 is 0 Å². The summed E-state index contributed by atoms with van der Waals surface area (Å²) in [5.41, 5.74) is 3.98. The molecule has 0 radical (unpaired) electrons. The Labute approximate surface area is 177 Å². The molecule has 0 saturated heterocycles. The second-order valence-corrected chi connectivity index (χ2v) is 8.23. The molecule has 1 fully saturated rings. The van der Waals surface area contributed by atoms with Gasteiger partial charge in [0, 0.05) is 29.3 Å². The first kappa shape index (κ1) is 20.3. The predicted octanol–water partition coefficient (Wildman–Crippen LogP) is 4.82. The predicted molar refractivity (Wildman–Crippen MR) is 115 cm³/mol. The number of fused-ring (bicyclic) bond motifs is 1. The molecule has 0 unspecified atom stereocenters. The maximum Gasteiger partial charge on any atom is 0.415 e. The number of methoxy groups -OCH3 is 1. The first-order valence-corrected chi connectivity index (χ1v) is 10.5. The van der Waals surface area contributed by atoms with Crippen molar-refractivity contribution >= 4 is 17.7 Å². The molecule has 1 heterocycles. The number of nitrogens with zero attached hydrogens (tertiary/aromatic N) is 1. The molecule has 158 valence electrons. The van der Waals surface area contributed by atoms with Crippen LogP contribution in [-0.2, 0) is 11.3 Å². The van der Waals surface area contributed by atoms with Crippen molar-refractivity contribution < 1.29 is 19.1 Å². The van der Waals surface area contributed by atoms with Crippen molar-refractivity contribution in [2.24, 2.45) is 5.92 Å². The standard InChI is InChI=1S/C24H28N2O4/c1-15-5-4-6-21-20(15)14-26(24(28)30-21)19-11-8-17(9-12-19)23(27)25-18-10-7-16(2)22(13-18)29-3/h4-7,10,13,17,19H,8-9,11-12,14H2,1-3H3,(H,25,27). The van der Waals surface area contributed by atoms with Crippen LogP contribution in [0.5, 0.6) is 11.5 Å². The number of carbonyl (C=O) groups excluding carboxylic acids is 2. The van der Waals surface area contributed by atoms with E-state index in [4.69, 9.17) is 9.47 Å². The lowest BCUT2D eigenvalue weighted by Gasteiger charge is -2.38. The number of rotatable bonds is 4. The number of carbonyl (C=O) groups is 2. The van der Waals surface area contributed by atoms with Crippen molar-refractivity contribution in [1.82, 2.24) is 4.90 Å². The number of benzene rings is 2. The largest absolute Gasteiger partial charge is 0.496 e. The van der Waals surface area contributed by atoms with Crippen LogP contribution in [0.2, 0.25) is 0 Å². The second-order valence-electron chi connectivity index (χ2n) is 8.23. The zero-order valence-electron chi connectivity index (χ0n) is 17.7. The molecule has 0 atom stereocenters. The molecule has 2 amide bonds. The van der Waals surface area contributed by atoms with Crippen LogP contribution in [-0.4, -0.2) is 30.1 Å². The van der Waals surface area contributed by atoms with Crippen molar-refractivity contribution in [2.75, 3.05) is 12.4 Å². The third-order valence-corrected chi connectivity index (χ3v) is 6.31. The molecule has 0 spiro atoms. The van der Waals surface area contributed by atoms with Gasteiger partial charge in [-0.2, -0.15) is 0 Å². The van der Waals surface area contributed by atoms with Crippen LogP contribution in [0.25, 0.3) is 0 Å². The summed E-state index contributed by atoms with van der Waals surface area (Å²) in [4.78, 5) is 27.1. The highest BCUT2D eigenvalue weighted by Gasteiger charge is 2.35. The van der Waals surface area contributed by atoms with E-state index in [1.54, 1.807) is 7.11 Å². The van der Waals surface area contributed by atoms with E-state index in [1.807, 2.05) is 55.1 Å². The summed E-state index contributed by atoms with van der Waals surface area (Å²) in [5, 5.41) is 3.01. The zero-order chi connectivity index (χ0) is 21.3. The van der Waals surface area contributed by atoms with Gasteiger partial charge >= 0.3 is 6.09 Å². The molecule has 6 heteroatoms. The van der Waals surface area contributed by atoms with Gasteiger partial charge in [0.2, 0.25) is 5.91 Å². The smallest absolute Gasteiger partial charge is 0.415 e. The van der Waals surface area contributed by atoms with E-state index in [-0.39, 0.29) is 24.0 Å². The molecule has 0 aromatic heterocycles. The molecule has 0 bridgehead atoms. The monoisotopic (exact) mass is 408 g/mol. The Bertz CT molecular complexity index is 964. The Morgan fingerprint density at radius 3 is 2.60 bits per heavy atom. The average Bonchev–Trinajstić information content (AvgIpc) is 2.75. The number of aryl methyl sites for hydroxylation is 2. The molecule has 2 aliphatic rings. The van der Waals surface area contributed by atoms with Crippen LogP contribution in [0.1, 0.15) is 42.4 Å². The minimum absolute atomic E-state index is 0.0294. The summed E-state index contributed by atoms with van der Waals surface area (Å²) < 4.78 is 10.9. The van der Waals surface area contributed by atoms with E-state index in [2.05, 4.69) is 5.32 Å². The van der Waals surface area contributed by atoms with Gasteiger partial charge in [-0.25, -0.2) is 4.79 Å². The minimum atomic E-state index is -0.284. The van der Waals surface area contributed by atoms with Crippen molar-refractivity contribution in [3.05, 3.63) is 53.1 Å². The van der Waals surface area contributed by atoms with Gasteiger partial charge in [-0.3, -0.25) is 4.79 Å². The fourth-order valence-corrected chi connectivity index (χ4v) is 4.43. The van der Waals surface area contributed by atoms with E-state index in [1.165, 1.54) is 0 Å².